The van der Waals surface area contributed by atoms with Gasteiger partial charge in [0.05, 0.1) is 5.56 Å². The van der Waals surface area contributed by atoms with E-state index in [1.54, 1.807) is 6.07 Å². The third-order valence-corrected chi connectivity index (χ3v) is 2.62. The van der Waals surface area contributed by atoms with E-state index in [0.29, 0.717) is 5.56 Å². The van der Waals surface area contributed by atoms with Crippen molar-refractivity contribution in [3.63, 3.8) is 0 Å². The van der Waals surface area contributed by atoms with Crippen LogP contribution < -0.4 is 5.32 Å². The maximum Gasteiger partial charge on any atom is 0.354 e. The molecule has 102 valence electrons. The monoisotopic (exact) mass is 274 g/mol. The first-order chi connectivity index (χ1) is 9.58. The van der Waals surface area contributed by atoms with Gasteiger partial charge >= 0.3 is 5.97 Å². The van der Waals surface area contributed by atoms with Crippen LogP contribution in [0.1, 0.15) is 26.4 Å². The fourth-order valence-corrected chi connectivity index (χ4v) is 1.58. The fourth-order valence-electron chi connectivity index (χ4n) is 1.58. The minimum atomic E-state index is -1.12. The molecular formula is C14H11FN2O3. The number of aromatic nitrogens is 1. The van der Waals surface area contributed by atoms with Crippen molar-refractivity contribution in [2.45, 2.75) is 6.54 Å². The van der Waals surface area contributed by atoms with Crippen LogP contribution >= 0.6 is 0 Å². The summed E-state index contributed by atoms with van der Waals surface area (Å²) in [4.78, 5) is 26.1. The molecule has 20 heavy (non-hydrogen) atoms. The summed E-state index contributed by atoms with van der Waals surface area (Å²) in [5.41, 5.74) is 0.511. The van der Waals surface area contributed by atoms with Crippen molar-refractivity contribution in [1.82, 2.24) is 10.3 Å². The second-order valence-electron chi connectivity index (χ2n) is 4.02. The standard InChI is InChI=1S/C14H11FN2O3/c15-11-4-2-1-3-10(11)13(18)17-8-9-5-6-12(14(19)20)16-7-9/h1-7H,8H2,(H,17,18)(H,19,20). The van der Waals surface area contributed by atoms with Crippen LogP contribution in [-0.4, -0.2) is 22.0 Å². The van der Waals surface area contributed by atoms with Gasteiger partial charge in [0.25, 0.3) is 5.91 Å². The van der Waals surface area contributed by atoms with Gasteiger partial charge in [-0.3, -0.25) is 4.79 Å². The molecule has 5 nitrogen and oxygen atoms in total. The number of aromatic carboxylic acids is 1. The molecule has 0 aliphatic rings. The first kappa shape index (κ1) is 13.7. The van der Waals surface area contributed by atoms with E-state index in [0.717, 1.165) is 0 Å². The highest BCUT2D eigenvalue weighted by molar-refractivity contribution is 5.94. The van der Waals surface area contributed by atoms with Gasteiger partial charge in [-0.05, 0) is 23.8 Å². The molecule has 2 aromatic rings. The number of carboxylic acids is 1. The summed E-state index contributed by atoms with van der Waals surface area (Å²) in [7, 11) is 0. The Labute approximate surface area is 114 Å². The second kappa shape index (κ2) is 5.92. The van der Waals surface area contributed by atoms with Crippen molar-refractivity contribution in [2.24, 2.45) is 0 Å². The number of carbonyl (C=O) groups excluding carboxylic acids is 1. The fraction of sp³-hybridized carbons (Fsp3) is 0.0714. The van der Waals surface area contributed by atoms with Gasteiger partial charge in [-0.1, -0.05) is 18.2 Å². The Morgan fingerprint density at radius 3 is 2.55 bits per heavy atom. The zero-order chi connectivity index (χ0) is 14.5. The highest BCUT2D eigenvalue weighted by atomic mass is 19.1. The van der Waals surface area contributed by atoms with Gasteiger partial charge in [0.1, 0.15) is 11.5 Å². The third kappa shape index (κ3) is 3.17. The number of pyridine rings is 1. The summed E-state index contributed by atoms with van der Waals surface area (Å²) < 4.78 is 13.4. The third-order valence-electron chi connectivity index (χ3n) is 2.62. The Hall–Kier alpha value is -2.76. The normalized spacial score (nSPS) is 10.1. The number of halogens is 1. The van der Waals surface area contributed by atoms with E-state index in [1.165, 1.54) is 36.5 Å². The van der Waals surface area contributed by atoms with Crippen LogP contribution in [0.15, 0.2) is 42.6 Å². The highest BCUT2D eigenvalue weighted by Gasteiger charge is 2.10. The molecule has 0 radical (unpaired) electrons. The van der Waals surface area contributed by atoms with E-state index >= 15 is 0 Å². The van der Waals surface area contributed by atoms with Crippen molar-refractivity contribution in [2.75, 3.05) is 0 Å². The van der Waals surface area contributed by atoms with Gasteiger partial charge in [-0.25, -0.2) is 14.2 Å². The number of rotatable bonds is 4. The average Bonchev–Trinajstić information content (AvgIpc) is 2.45. The molecule has 2 N–H and O–H groups in total. The lowest BCUT2D eigenvalue weighted by atomic mass is 10.2. The molecule has 0 saturated carbocycles. The largest absolute Gasteiger partial charge is 0.477 e. The van der Waals surface area contributed by atoms with E-state index in [2.05, 4.69) is 10.3 Å². The van der Waals surface area contributed by atoms with E-state index < -0.39 is 17.7 Å². The van der Waals surface area contributed by atoms with E-state index in [9.17, 15) is 14.0 Å². The summed E-state index contributed by atoms with van der Waals surface area (Å²) in [6, 6.07) is 8.54. The Bertz CT molecular complexity index is 641. The van der Waals surface area contributed by atoms with Gasteiger partial charge in [0, 0.05) is 12.7 Å². The molecule has 0 fully saturated rings. The summed E-state index contributed by atoms with van der Waals surface area (Å²) in [5.74, 6) is -2.25. The molecule has 0 aliphatic carbocycles. The summed E-state index contributed by atoms with van der Waals surface area (Å²) in [6.45, 7) is 0.139. The highest BCUT2D eigenvalue weighted by Crippen LogP contribution is 2.07. The van der Waals surface area contributed by atoms with Gasteiger partial charge in [0.15, 0.2) is 0 Å². The maximum atomic E-state index is 13.4. The Balaban J connectivity index is 2.00. The number of carbonyl (C=O) groups is 2. The number of carboxylic acid groups (broad SMARTS) is 1. The number of nitrogens with zero attached hydrogens (tertiary/aromatic N) is 1. The van der Waals surface area contributed by atoms with E-state index in [1.807, 2.05) is 0 Å². The molecule has 1 aromatic carbocycles. The van der Waals surface area contributed by atoms with Crippen LogP contribution in [0.25, 0.3) is 0 Å². The summed E-state index contributed by atoms with van der Waals surface area (Å²) in [6.07, 6.45) is 1.35. The van der Waals surface area contributed by atoms with Crippen molar-refractivity contribution >= 4 is 11.9 Å². The number of benzene rings is 1. The molecular weight excluding hydrogens is 263 g/mol. The molecule has 1 aromatic heterocycles. The topological polar surface area (TPSA) is 79.3 Å². The second-order valence-corrected chi connectivity index (χ2v) is 4.02. The Morgan fingerprint density at radius 2 is 1.95 bits per heavy atom. The first-order valence-corrected chi connectivity index (χ1v) is 5.79. The summed E-state index contributed by atoms with van der Waals surface area (Å²) in [5, 5.41) is 11.2. The van der Waals surface area contributed by atoms with Crippen LogP contribution in [0.3, 0.4) is 0 Å². The molecule has 2 rings (SSSR count). The predicted molar refractivity (Wildman–Crippen MR) is 68.8 cm³/mol. The Kier molecular flexibility index (Phi) is 4.05. The van der Waals surface area contributed by atoms with Crippen LogP contribution in [0.5, 0.6) is 0 Å². The molecule has 1 heterocycles. The molecule has 0 bridgehead atoms. The van der Waals surface area contributed by atoms with E-state index in [-0.39, 0.29) is 17.8 Å². The molecule has 0 unspecified atom stereocenters. The Morgan fingerprint density at radius 1 is 1.20 bits per heavy atom. The van der Waals surface area contributed by atoms with Crippen molar-refractivity contribution < 1.29 is 19.1 Å². The molecule has 6 heteroatoms. The molecule has 0 spiro atoms. The van der Waals surface area contributed by atoms with Crippen molar-refractivity contribution in [1.29, 1.82) is 0 Å². The maximum absolute atomic E-state index is 13.4. The molecule has 1 amide bonds. The first-order valence-electron chi connectivity index (χ1n) is 5.79. The minimum Gasteiger partial charge on any atom is -0.477 e. The van der Waals surface area contributed by atoms with E-state index in [4.69, 9.17) is 5.11 Å². The number of nitrogens with one attached hydrogen (secondary N) is 1. The SMILES string of the molecule is O=C(O)c1ccc(CNC(=O)c2ccccc2F)cn1. The van der Waals surface area contributed by atoms with Crippen LogP contribution in [0, 0.1) is 5.82 Å². The smallest absolute Gasteiger partial charge is 0.354 e. The van der Waals surface area contributed by atoms with Gasteiger partial charge < -0.3 is 10.4 Å². The molecule has 0 saturated heterocycles. The number of hydrogen-bond donors (Lipinski definition) is 2. The lowest BCUT2D eigenvalue weighted by Crippen LogP contribution is -2.23. The lowest BCUT2D eigenvalue weighted by molar-refractivity contribution is 0.0690. The molecule has 0 aliphatic heterocycles. The number of hydrogen-bond acceptors (Lipinski definition) is 3. The van der Waals surface area contributed by atoms with Gasteiger partial charge in [-0.15, -0.1) is 0 Å². The molecule has 0 atom stereocenters. The van der Waals surface area contributed by atoms with Crippen LogP contribution in [-0.2, 0) is 6.54 Å². The zero-order valence-corrected chi connectivity index (χ0v) is 10.3. The average molecular weight is 274 g/mol. The predicted octanol–water partition coefficient (Wildman–Crippen LogP) is 1.85. The lowest BCUT2D eigenvalue weighted by Gasteiger charge is -2.06. The summed E-state index contributed by atoms with van der Waals surface area (Å²) >= 11 is 0. The quantitative estimate of drug-likeness (QED) is 0.891. The van der Waals surface area contributed by atoms with Gasteiger partial charge in [-0.2, -0.15) is 0 Å². The van der Waals surface area contributed by atoms with Crippen molar-refractivity contribution in [3.05, 3.63) is 65.2 Å². The minimum absolute atomic E-state index is 0.0392. The van der Waals surface area contributed by atoms with Gasteiger partial charge in [0.2, 0.25) is 0 Å². The number of amides is 1. The van der Waals surface area contributed by atoms with Crippen LogP contribution in [0.4, 0.5) is 4.39 Å². The van der Waals surface area contributed by atoms with Crippen molar-refractivity contribution in [3.8, 4) is 0 Å². The zero-order valence-electron chi connectivity index (χ0n) is 10.3. The van der Waals surface area contributed by atoms with Crippen LogP contribution in [0.2, 0.25) is 0 Å².